The number of nitrogens with two attached hydrogens (primary N) is 1. The molecule has 0 bridgehead atoms. The summed E-state index contributed by atoms with van der Waals surface area (Å²) in [6.45, 7) is 4.08. The maximum absolute atomic E-state index is 11.1. The second kappa shape index (κ2) is 6.30. The zero-order valence-electron chi connectivity index (χ0n) is 10.00. The van der Waals surface area contributed by atoms with E-state index >= 15 is 0 Å². The first-order valence-electron chi connectivity index (χ1n) is 5.42. The lowest BCUT2D eigenvalue weighted by Crippen LogP contribution is -2.01. The van der Waals surface area contributed by atoms with Crippen molar-refractivity contribution in [2.24, 2.45) is 0 Å². The van der Waals surface area contributed by atoms with Crippen molar-refractivity contribution in [1.82, 2.24) is 0 Å². The van der Waals surface area contributed by atoms with Crippen molar-refractivity contribution < 1.29 is 9.53 Å². The first kappa shape index (κ1) is 13.6. The Morgan fingerprint density at radius 2 is 2.24 bits per heavy atom. The van der Waals surface area contributed by atoms with Crippen molar-refractivity contribution in [3.63, 3.8) is 0 Å². The quantitative estimate of drug-likeness (QED) is 0.662. The third kappa shape index (κ3) is 4.11. The van der Waals surface area contributed by atoms with Crippen molar-refractivity contribution >= 4 is 29.3 Å². The molecule has 0 aliphatic heterocycles. The van der Waals surface area contributed by atoms with Gasteiger partial charge in [-0.05, 0) is 37.1 Å². The van der Waals surface area contributed by atoms with E-state index < -0.39 is 0 Å². The Kier molecular flexibility index (Phi) is 5.04. The minimum absolute atomic E-state index is 0.234. The zero-order chi connectivity index (χ0) is 12.8. The molecule has 0 amide bonds. The highest BCUT2D eigenvalue weighted by molar-refractivity contribution is 6.33. The van der Waals surface area contributed by atoms with Gasteiger partial charge in [-0.25, -0.2) is 0 Å². The SMILES string of the molecule is CCOC(=O)CC=Cc1cc(C)c(N)c(Cl)c1. The van der Waals surface area contributed by atoms with E-state index in [1.54, 1.807) is 19.1 Å². The predicted octanol–water partition coefficient (Wildman–Crippen LogP) is 3.20. The first-order valence-corrected chi connectivity index (χ1v) is 5.80. The smallest absolute Gasteiger partial charge is 0.309 e. The number of hydrogen-bond donors (Lipinski definition) is 1. The van der Waals surface area contributed by atoms with Crippen molar-refractivity contribution in [3.05, 3.63) is 34.4 Å². The summed E-state index contributed by atoms with van der Waals surface area (Å²) >= 11 is 5.96. The molecule has 0 aromatic heterocycles. The molecule has 0 unspecified atom stereocenters. The minimum atomic E-state index is -0.234. The molecule has 0 heterocycles. The molecular formula is C13H16ClNO2. The van der Waals surface area contributed by atoms with Gasteiger partial charge in [-0.15, -0.1) is 0 Å². The van der Waals surface area contributed by atoms with Crippen molar-refractivity contribution in [2.75, 3.05) is 12.3 Å². The number of halogens is 1. The Morgan fingerprint density at radius 3 is 2.82 bits per heavy atom. The molecule has 17 heavy (non-hydrogen) atoms. The fourth-order valence-electron chi connectivity index (χ4n) is 1.39. The molecule has 0 saturated heterocycles. The Balaban J connectivity index is 2.69. The van der Waals surface area contributed by atoms with Gasteiger partial charge in [-0.1, -0.05) is 23.8 Å². The number of ether oxygens (including phenoxy) is 1. The number of anilines is 1. The van der Waals surface area contributed by atoms with Crippen molar-refractivity contribution in [2.45, 2.75) is 20.3 Å². The van der Waals surface area contributed by atoms with E-state index in [4.69, 9.17) is 22.1 Å². The molecule has 0 aliphatic carbocycles. The average molecular weight is 254 g/mol. The highest BCUT2D eigenvalue weighted by Gasteiger charge is 2.01. The van der Waals surface area contributed by atoms with Crippen LogP contribution < -0.4 is 5.73 Å². The molecule has 0 radical (unpaired) electrons. The molecule has 1 rings (SSSR count). The summed E-state index contributed by atoms with van der Waals surface area (Å²) in [5.74, 6) is -0.234. The van der Waals surface area contributed by atoms with E-state index in [1.807, 2.05) is 19.1 Å². The minimum Gasteiger partial charge on any atom is -0.466 e. The van der Waals surface area contributed by atoms with Crippen LogP contribution in [0.4, 0.5) is 5.69 Å². The van der Waals surface area contributed by atoms with Gasteiger partial charge >= 0.3 is 5.97 Å². The van der Waals surface area contributed by atoms with E-state index in [0.717, 1.165) is 11.1 Å². The highest BCUT2D eigenvalue weighted by atomic mass is 35.5. The summed E-state index contributed by atoms with van der Waals surface area (Å²) < 4.78 is 4.81. The van der Waals surface area contributed by atoms with Gasteiger partial charge in [-0.2, -0.15) is 0 Å². The van der Waals surface area contributed by atoms with Gasteiger partial charge in [0.15, 0.2) is 0 Å². The summed E-state index contributed by atoms with van der Waals surface area (Å²) in [5, 5.41) is 0.529. The second-order valence-electron chi connectivity index (χ2n) is 3.64. The lowest BCUT2D eigenvalue weighted by atomic mass is 10.1. The maximum Gasteiger partial charge on any atom is 0.309 e. The first-order chi connectivity index (χ1) is 8.04. The van der Waals surface area contributed by atoms with E-state index in [0.29, 0.717) is 17.3 Å². The van der Waals surface area contributed by atoms with Crippen LogP contribution in [0.5, 0.6) is 0 Å². The van der Waals surface area contributed by atoms with Gasteiger partial charge in [0.05, 0.1) is 23.7 Å². The van der Waals surface area contributed by atoms with Crippen molar-refractivity contribution in [1.29, 1.82) is 0 Å². The fraction of sp³-hybridized carbons (Fsp3) is 0.308. The van der Waals surface area contributed by atoms with Crippen LogP contribution >= 0.6 is 11.6 Å². The van der Waals surface area contributed by atoms with Crippen LogP contribution in [-0.2, 0) is 9.53 Å². The van der Waals surface area contributed by atoms with E-state index in [2.05, 4.69) is 0 Å². The number of rotatable bonds is 4. The number of carbonyl (C=O) groups is 1. The third-order valence-corrected chi connectivity index (χ3v) is 2.57. The summed E-state index contributed by atoms with van der Waals surface area (Å²) in [6, 6.07) is 3.69. The van der Waals surface area contributed by atoms with Gasteiger partial charge < -0.3 is 10.5 Å². The molecular weight excluding hydrogens is 238 g/mol. The predicted molar refractivity (Wildman–Crippen MR) is 70.9 cm³/mol. The van der Waals surface area contributed by atoms with Crippen LogP contribution in [0.2, 0.25) is 5.02 Å². The molecule has 2 N–H and O–H groups in total. The molecule has 4 heteroatoms. The third-order valence-electron chi connectivity index (χ3n) is 2.26. The van der Waals surface area contributed by atoms with E-state index in [-0.39, 0.29) is 12.4 Å². The number of benzene rings is 1. The highest BCUT2D eigenvalue weighted by Crippen LogP contribution is 2.24. The molecule has 0 spiro atoms. The Bertz CT molecular complexity index is 418. The molecule has 92 valence electrons. The average Bonchev–Trinajstić information content (AvgIpc) is 2.26. The van der Waals surface area contributed by atoms with Gasteiger partial charge in [0, 0.05) is 0 Å². The molecule has 3 nitrogen and oxygen atoms in total. The molecule has 0 saturated carbocycles. The normalized spacial score (nSPS) is 10.8. The number of nitrogen functional groups attached to an aromatic ring is 1. The second-order valence-corrected chi connectivity index (χ2v) is 4.05. The lowest BCUT2D eigenvalue weighted by molar-refractivity contribution is -0.142. The zero-order valence-corrected chi connectivity index (χ0v) is 10.8. The Morgan fingerprint density at radius 1 is 1.53 bits per heavy atom. The van der Waals surface area contributed by atoms with Crippen molar-refractivity contribution in [3.8, 4) is 0 Å². The van der Waals surface area contributed by atoms with Crippen LogP contribution in [0.25, 0.3) is 6.08 Å². The van der Waals surface area contributed by atoms with Gasteiger partial charge in [-0.3, -0.25) is 4.79 Å². The van der Waals surface area contributed by atoms with E-state index in [1.165, 1.54) is 0 Å². The number of esters is 1. The summed E-state index contributed by atoms with van der Waals surface area (Å²) in [5.41, 5.74) is 8.18. The van der Waals surface area contributed by atoms with Crippen LogP contribution in [0.1, 0.15) is 24.5 Å². The van der Waals surface area contributed by atoms with Crippen LogP contribution in [0, 0.1) is 6.92 Å². The van der Waals surface area contributed by atoms with Crippen LogP contribution in [-0.4, -0.2) is 12.6 Å². The van der Waals surface area contributed by atoms with Crippen LogP contribution in [0.3, 0.4) is 0 Å². The number of aryl methyl sites for hydroxylation is 1. The molecule has 0 fully saturated rings. The molecule has 1 aromatic rings. The molecule has 1 aromatic carbocycles. The molecule has 0 atom stereocenters. The number of hydrogen-bond acceptors (Lipinski definition) is 3. The van der Waals surface area contributed by atoms with E-state index in [9.17, 15) is 4.79 Å². The molecule has 0 aliphatic rings. The Hall–Kier alpha value is -1.48. The standard InChI is InChI=1S/C13H16ClNO2/c1-3-17-12(16)6-4-5-10-7-9(2)13(15)11(14)8-10/h4-5,7-8H,3,6,15H2,1-2H3. The topological polar surface area (TPSA) is 52.3 Å². The lowest BCUT2D eigenvalue weighted by Gasteiger charge is -2.04. The van der Waals surface area contributed by atoms with Crippen LogP contribution in [0.15, 0.2) is 18.2 Å². The maximum atomic E-state index is 11.1. The number of carbonyl (C=O) groups excluding carboxylic acids is 1. The fourth-order valence-corrected chi connectivity index (χ4v) is 1.66. The van der Waals surface area contributed by atoms with Gasteiger partial charge in [0.1, 0.15) is 0 Å². The largest absolute Gasteiger partial charge is 0.466 e. The van der Waals surface area contributed by atoms with Gasteiger partial charge in [0.2, 0.25) is 0 Å². The summed E-state index contributed by atoms with van der Waals surface area (Å²) in [7, 11) is 0. The summed E-state index contributed by atoms with van der Waals surface area (Å²) in [6.07, 6.45) is 3.84. The monoisotopic (exact) mass is 253 g/mol. The summed E-state index contributed by atoms with van der Waals surface area (Å²) in [4.78, 5) is 11.1. The van der Waals surface area contributed by atoms with Gasteiger partial charge in [0.25, 0.3) is 0 Å². The Labute approximate surface area is 106 Å².